The van der Waals surface area contributed by atoms with E-state index in [-0.39, 0.29) is 23.8 Å². The van der Waals surface area contributed by atoms with Gasteiger partial charge in [-0.3, -0.25) is 19.9 Å². The number of nitrogens with zero attached hydrogens (tertiary/aromatic N) is 1. The molecule has 5 nitrogen and oxygen atoms in total. The highest BCUT2D eigenvalue weighted by molar-refractivity contribution is 6.17. The van der Waals surface area contributed by atoms with Crippen molar-refractivity contribution < 1.29 is 14.0 Å². The summed E-state index contributed by atoms with van der Waals surface area (Å²) in [7, 11) is 0. The minimum absolute atomic E-state index is 0.0239. The molecule has 0 saturated carbocycles. The molecule has 2 heterocycles. The van der Waals surface area contributed by atoms with Crippen LogP contribution in [0.5, 0.6) is 0 Å². The lowest BCUT2D eigenvalue weighted by Gasteiger charge is -2.23. The summed E-state index contributed by atoms with van der Waals surface area (Å²) in [6.45, 7) is 0. The number of halogens is 2. The molecular weight excluding hydrogens is 261 g/mol. The number of amides is 2. The summed E-state index contributed by atoms with van der Waals surface area (Å²) >= 11 is 5.65. The summed E-state index contributed by atoms with van der Waals surface area (Å²) in [6, 6.07) is -0.576. The van der Waals surface area contributed by atoms with Gasteiger partial charge in [-0.25, -0.2) is 4.39 Å². The number of nitrogens with one attached hydrogen (secondary N) is 2. The summed E-state index contributed by atoms with van der Waals surface area (Å²) in [4.78, 5) is 26.3. The molecule has 1 aliphatic rings. The molecule has 2 amide bonds. The minimum atomic E-state index is -0.576. The van der Waals surface area contributed by atoms with Gasteiger partial charge in [0.2, 0.25) is 11.8 Å². The number of aromatic nitrogens is 1. The van der Waals surface area contributed by atoms with Crippen LogP contribution in [0.2, 0.25) is 0 Å². The highest BCUT2D eigenvalue weighted by atomic mass is 35.5. The van der Waals surface area contributed by atoms with Gasteiger partial charge in [-0.05, 0) is 6.42 Å². The number of hydrogen-bond acceptors (Lipinski definition) is 4. The van der Waals surface area contributed by atoms with Crippen molar-refractivity contribution in [2.45, 2.75) is 24.8 Å². The number of anilines is 1. The van der Waals surface area contributed by atoms with E-state index in [1.165, 1.54) is 6.20 Å². The number of carbonyl (C=O) groups is 2. The normalized spacial score (nSPS) is 19.6. The number of rotatable bonds is 3. The third kappa shape index (κ3) is 2.59. The van der Waals surface area contributed by atoms with Crippen LogP contribution in [-0.4, -0.2) is 22.8 Å². The van der Waals surface area contributed by atoms with Crippen molar-refractivity contribution in [2.75, 3.05) is 5.32 Å². The number of piperidine rings is 1. The molecule has 96 valence electrons. The molecule has 1 aromatic rings. The highest BCUT2D eigenvalue weighted by Gasteiger charge is 2.27. The zero-order valence-corrected chi connectivity index (χ0v) is 10.1. The minimum Gasteiger partial charge on any atom is -0.372 e. The number of pyridine rings is 1. The van der Waals surface area contributed by atoms with E-state index < -0.39 is 17.8 Å². The van der Waals surface area contributed by atoms with Gasteiger partial charge in [-0.15, -0.1) is 11.6 Å². The maximum atomic E-state index is 13.4. The van der Waals surface area contributed by atoms with Gasteiger partial charge in [-0.2, -0.15) is 0 Å². The molecule has 18 heavy (non-hydrogen) atoms. The molecule has 2 N–H and O–H groups in total. The van der Waals surface area contributed by atoms with Crippen LogP contribution in [0.3, 0.4) is 0 Å². The fourth-order valence-electron chi connectivity index (χ4n) is 1.74. The number of alkyl halides is 1. The van der Waals surface area contributed by atoms with E-state index >= 15 is 0 Å². The molecule has 1 aliphatic heterocycles. The summed E-state index contributed by atoms with van der Waals surface area (Å²) in [5.74, 6) is -1.27. The molecule has 1 atom stereocenters. The van der Waals surface area contributed by atoms with E-state index in [4.69, 9.17) is 11.6 Å². The Morgan fingerprint density at radius 1 is 1.50 bits per heavy atom. The van der Waals surface area contributed by atoms with Gasteiger partial charge in [-0.1, -0.05) is 0 Å². The topological polar surface area (TPSA) is 71.1 Å². The second kappa shape index (κ2) is 5.30. The van der Waals surface area contributed by atoms with Crippen LogP contribution in [0.25, 0.3) is 0 Å². The molecule has 0 spiro atoms. The lowest BCUT2D eigenvalue weighted by Crippen LogP contribution is -2.47. The van der Waals surface area contributed by atoms with Gasteiger partial charge in [0.1, 0.15) is 11.9 Å². The molecule has 0 bridgehead atoms. The van der Waals surface area contributed by atoms with Crippen molar-refractivity contribution in [3.63, 3.8) is 0 Å². The van der Waals surface area contributed by atoms with Crippen LogP contribution in [0.15, 0.2) is 12.4 Å². The smallest absolute Gasteiger partial charge is 0.249 e. The molecular formula is C11H11ClFN3O2. The number of carbonyl (C=O) groups excluding carboxylic acids is 2. The summed E-state index contributed by atoms with van der Waals surface area (Å²) in [5, 5.41) is 5.07. The van der Waals surface area contributed by atoms with Crippen molar-refractivity contribution in [1.29, 1.82) is 0 Å². The van der Waals surface area contributed by atoms with E-state index in [0.29, 0.717) is 12.1 Å². The Morgan fingerprint density at radius 3 is 2.94 bits per heavy atom. The van der Waals surface area contributed by atoms with Crippen LogP contribution in [0.1, 0.15) is 18.4 Å². The zero-order chi connectivity index (χ0) is 13.1. The van der Waals surface area contributed by atoms with E-state index in [9.17, 15) is 14.0 Å². The molecule has 1 unspecified atom stereocenters. The van der Waals surface area contributed by atoms with Crippen molar-refractivity contribution in [3.8, 4) is 0 Å². The predicted molar refractivity (Wildman–Crippen MR) is 63.5 cm³/mol. The molecule has 1 aromatic heterocycles. The van der Waals surface area contributed by atoms with Gasteiger partial charge >= 0.3 is 0 Å². The fourth-order valence-corrected chi connectivity index (χ4v) is 2.01. The zero-order valence-electron chi connectivity index (χ0n) is 9.37. The first-order valence-corrected chi connectivity index (χ1v) is 5.94. The third-order valence-electron chi connectivity index (χ3n) is 2.71. The fraction of sp³-hybridized carbons (Fsp3) is 0.364. The largest absolute Gasteiger partial charge is 0.372 e. The Hall–Kier alpha value is -1.69. The molecule has 1 fully saturated rings. The van der Waals surface area contributed by atoms with Crippen LogP contribution >= 0.6 is 11.6 Å². The Kier molecular flexibility index (Phi) is 3.76. The number of imide groups is 1. The van der Waals surface area contributed by atoms with Gasteiger partial charge in [0.15, 0.2) is 0 Å². The third-order valence-corrected chi connectivity index (χ3v) is 2.97. The Balaban J connectivity index is 2.17. The molecule has 7 heteroatoms. The van der Waals surface area contributed by atoms with Crippen LogP contribution in [0, 0.1) is 5.82 Å². The summed E-state index contributed by atoms with van der Waals surface area (Å²) < 4.78 is 13.4. The first-order valence-electron chi connectivity index (χ1n) is 5.40. The SMILES string of the molecule is O=C1CCC(Nc2cncc(F)c2CCl)C(=O)N1. The van der Waals surface area contributed by atoms with Crippen molar-refractivity contribution in [2.24, 2.45) is 0 Å². The van der Waals surface area contributed by atoms with E-state index in [0.717, 1.165) is 6.20 Å². The number of hydrogen-bond donors (Lipinski definition) is 2. The highest BCUT2D eigenvalue weighted by Crippen LogP contribution is 2.21. The monoisotopic (exact) mass is 271 g/mol. The molecule has 2 rings (SSSR count). The standard InChI is InChI=1S/C11H11ClFN3O2/c12-3-6-7(13)4-14-5-9(6)15-8-1-2-10(17)16-11(8)18/h4-5,8,15H,1-3H2,(H,16,17,18). The Labute approximate surface area is 108 Å². The van der Waals surface area contributed by atoms with Crippen LogP contribution in [-0.2, 0) is 15.5 Å². The molecule has 0 radical (unpaired) electrons. The Bertz CT molecular complexity index is 495. The molecule has 1 saturated heterocycles. The van der Waals surface area contributed by atoms with Crippen molar-refractivity contribution in [3.05, 3.63) is 23.8 Å². The van der Waals surface area contributed by atoms with Crippen molar-refractivity contribution in [1.82, 2.24) is 10.3 Å². The van der Waals surface area contributed by atoms with Gasteiger partial charge in [0.25, 0.3) is 0 Å². The van der Waals surface area contributed by atoms with Gasteiger partial charge in [0.05, 0.1) is 24.0 Å². The first kappa shape index (κ1) is 12.8. The predicted octanol–water partition coefficient (Wildman–Crippen LogP) is 1.18. The van der Waals surface area contributed by atoms with Crippen molar-refractivity contribution >= 4 is 29.1 Å². The van der Waals surface area contributed by atoms with Crippen LogP contribution < -0.4 is 10.6 Å². The van der Waals surface area contributed by atoms with Gasteiger partial charge in [0, 0.05) is 12.0 Å². The molecule has 0 aliphatic carbocycles. The summed E-state index contributed by atoms with van der Waals surface area (Å²) in [6.07, 6.45) is 3.09. The second-order valence-corrected chi connectivity index (χ2v) is 4.20. The maximum absolute atomic E-state index is 13.4. The van der Waals surface area contributed by atoms with Crippen LogP contribution in [0.4, 0.5) is 10.1 Å². The van der Waals surface area contributed by atoms with E-state index in [1.807, 2.05) is 0 Å². The molecule has 0 aromatic carbocycles. The average Bonchev–Trinajstić information content (AvgIpc) is 2.33. The summed E-state index contributed by atoms with van der Waals surface area (Å²) in [5.41, 5.74) is 0.635. The van der Waals surface area contributed by atoms with Gasteiger partial charge < -0.3 is 5.32 Å². The van der Waals surface area contributed by atoms with E-state index in [1.54, 1.807) is 0 Å². The lowest BCUT2D eigenvalue weighted by atomic mass is 10.1. The Morgan fingerprint density at radius 2 is 2.28 bits per heavy atom. The second-order valence-electron chi connectivity index (χ2n) is 3.93. The first-order chi connectivity index (χ1) is 8.61. The van der Waals surface area contributed by atoms with E-state index in [2.05, 4.69) is 15.6 Å². The lowest BCUT2D eigenvalue weighted by molar-refractivity contribution is -0.133. The maximum Gasteiger partial charge on any atom is 0.249 e. The quantitative estimate of drug-likeness (QED) is 0.640. The average molecular weight is 272 g/mol.